The minimum Gasteiger partial charge on any atom is -0.439 e. The van der Waals surface area contributed by atoms with Gasteiger partial charge in [0.25, 0.3) is 0 Å². The maximum absolute atomic E-state index is 5.83. The molecule has 0 unspecified atom stereocenters. The van der Waals surface area contributed by atoms with E-state index in [0.717, 1.165) is 24.4 Å². The number of nitrogen functional groups attached to an aromatic ring is 1. The molecule has 0 fully saturated rings. The van der Waals surface area contributed by atoms with Gasteiger partial charge in [0.05, 0.1) is 0 Å². The fraction of sp³-hybridized carbons (Fsp3) is 0.412. The molecule has 2 rings (SSSR count). The van der Waals surface area contributed by atoms with Gasteiger partial charge in [-0.2, -0.15) is 4.98 Å². The normalized spacial score (nSPS) is 10.9. The summed E-state index contributed by atoms with van der Waals surface area (Å²) in [6.07, 6.45) is 1.78. The first-order valence-electron chi connectivity index (χ1n) is 7.41. The minimum absolute atomic E-state index is 0.443. The number of hydrogen-bond donors (Lipinski definition) is 1. The standard InChI is InChI=1S/C17H23N3O/c1-5-6-16-19-15(18)10-17(20-16)21-13-7-8-14(11(2)3)12(4)9-13/h7-11H,5-6H2,1-4H3,(H2,18,19,20). The van der Waals surface area contributed by atoms with Crippen molar-refractivity contribution in [3.8, 4) is 11.6 Å². The van der Waals surface area contributed by atoms with E-state index in [0.29, 0.717) is 17.6 Å². The topological polar surface area (TPSA) is 61.0 Å². The summed E-state index contributed by atoms with van der Waals surface area (Å²) in [6.45, 7) is 8.55. The Labute approximate surface area is 126 Å². The van der Waals surface area contributed by atoms with Crippen LogP contribution in [0.25, 0.3) is 0 Å². The third-order valence-electron chi connectivity index (χ3n) is 3.33. The Kier molecular flexibility index (Phi) is 4.78. The van der Waals surface area contributed by atoms with Crippen molar-refractivity contribution in [2.75, 3.05) is 5.73 Å². The molecule has 0 aliphatic carbocycles. The monoisotopic (exact) mass is 285 g/mol. The fourth-order valence-corrected chi connectivity index (χ4v) is 2.36. The lowest BCUT2D eigenvalue weighted by atomic mass is 9.98. The van der Waals surface area contributed by atoms with Crippen LogP contribution in [0.2, 0.25) is 0 Å². The number of aryl methyl sites for hydroxylation is 2. The predicted molar refractivity (Wildman–Crippen MR) is 85.8 cm³/mol. The molecule has 4 nitrogen and oxygen atoms in total. The molecule has 112 valence electrons. The van der Waals surface area contributed by atoms with Gasteiger partial charge >= 0.3 is 0 Å². The van der Waals surface area contributed by atoms with Gasteiger partial charge in [0.2, 0.25) is 5.88 Å². The minimum atomic E-state index is 0.443. The van der Waals surface area contributed by atoms with Crippen LogP contribution in [-0.2, 0) is 6.42 Å². The Balaban J connectivity index is 2.23. The van der Waals surface area contributed by atoms with Gasteiger partial charge in [0.1, 0.15) is 17.4 Å². The largest absolute Gasteiger partial charge is 0.439 e. The fourth-order valence-electron chi connectivity index (χ4n) is 2.36. The number of nitrogens with two attached hydrogens (primary N) is 1. The molecule has 1 aromatic heterocycles. The lowest BCUT2D eigenvalue weighted by molar-refractivity contribution is 0.458. The Morgan fingerprint density at radius 1 is 1.19 bits per heavy atom. The van der Waals surface area contributed by atoms with Crippen LogP contribution < -0.4 is 10.5 Å². The van der Waals surface area contributed by atoms with Crippen LogP contribution in [-0.4, -0.2) is 9.97 Å². The Bertz CT molecular complexity index is 623. The first-order chi connectivity index (χ1) is 9.99. The average Bonchev–Trinajstić information content (AvgIpc) is 2.37. The van der Waals surface area contributed by atoms with Gasteiger partial charge in [-0.25, -0.2) is 4.98 Å². The molecule has 0 aliphatic rings. The molecule has 0 aliphatic heterocycles. The van der Waals surface area contributed by atoms with Crippen LogP contribution >= 0.6 is 0 Å². The van der Waals surface area contributed by atoms with E-state index in [-0.39, 0.29) is 0 Å². The number of anilines is 1. The van der Waals surface area contributed by atoms with Crippen LogP contribution in [0.3, 0.4) is 0 Å². The molecule has 0 saturated heterocycles. The number of aromatic nitrogens is 2. The zero-order valence-electron chi connectivity index (χ0n) is 13.2. The van der Waals surface area contributed by atoms with Crippen LogP contribution in [0.4, 0.5) is 5.82 Å². The molecule has 1 heterocycles. The zero-order chi connectivity index (χ0) is 15.4. The molecule has 0 atom stereocenters. The van der Waals surface area contributed by atoms with Crippen LogP contribution in [0.1, 0.15) is 50.1 Å². The van der Waals surface area contributed by atoms with Crippen molar-refractivity contribution in [3.63, 3.8) is 0 Å². The summed E-state index contributed by atoms with van der Waals surface area (Å²) < 4.78 is 5.83. The summed E-state index contributed by atoms with van der Waals surface area (Å²) in [5, 5.41) is 0. The Morgan fingerprint density at radius 2 is 1.95 bits per heavy atom. The van der Waals surface area contributed by atoms with Crippen molar-refractivity contribution in [1.82, 2.24) is 9.97 Å². The van der Waals surface area contributed by atoms with Crippen molar-refractivity contribution >= 4 is 5.82 Å². The molecule has 0 spiro atoms. The molecular weight excluding hydrogens is 262 g/mol. The molecule has 2 aromatic rings. The SMILES string of the molecule is CCCc1nc(N)cc(Oc2ccc(C(C)C)c(C)c2)n1. The summed E-state index contributed by atoms with van der Waals surface area (Å²) in [5.74, 6) is 2.95. The van der Waals surface area contributed by atoms with Gasteiger partial charge in [0, 0.05) is 12.5 Å². The van der Waals surface area contributed by atoms with Gasteiger partial charge in [-0.15, -0.1) is 0 Å². The van der Waals surface area contributed by atoms with Gasteiger partial charge in [-0.1, -0.05) is 26.8 Å². The molecular formula is C17H23N3O. The highest BCUT2D eigenvalue weighted by atomic mass is 16.5. The van der Waals surface area contributed by atoms with Crippen LogP contribution in [0, 0.1) is 6.92 Å². The maximum Gasteiger partial charge on any atom is 0.224 e. The molecule has 0 bridgehead atoms. The van der Waals surface area contributed by atoms with E-state index in [1.807, 2.05) is 12.1 Å². The first kappa shape index (κ1) is 15.3. The Hall–Kier alpha value is -2.10. The number of hydrogen-bond acceptors (Lipinski definition) is 4. The number of rotatable bonds is 5. The van der Waals surface area contributed by atoms with E-state index < -0.39 is 0 Å². The smallest absolute Gasteiger partial charge is 0.224 e. The van der Waals surface area contributed by atoms with Crippen molar-refractivity contribution in [2.24, 2.45) is 0 Å². The average molecular weight is 285 g/mol. The van der Waals surface area contributed by atoms with E-state index in [4.69, 9.17) is 10.5 Å². The third-order valence-corrected chi connectivity index (χ3v) is 3.33. The molecule has 1 aromatic carbocycles. The highest BCUT2D eigenvalue weighted by Crippen LogP contribution is 2.26. The van der Waals surface area contributed by atoms with E-state index in [1.165, 1.54) is 11.1 Å². The predicted octanol–water partition coefficient (Wildman–Crippen LogP) is 4.24. The summed E-state index contributed by atoms with van der Waals surface area (Å²) in [5.41, 5.74) is 8.36. The molecule has 0 saturated carbocycles. The van der Waals surface area contributed by atoms with E-state index >= 15 is 0 Å². The van der Waals surface area contributed by atoms with Gasteiger partial charge in [-0.05, 0) is 42.5 Å². The van der Waals surface area contributed by atoms with Crippen molar-refractivity contribution in [2.45, 2.75) is 46.5 Å². The lowest BCUT2D eigenvalue weighted by Crippen LogP contribution is -2.01. The summed E-state index contributed by atoms with van der Waals surface area (Å²) in [4.78, 5) is 8.60. The van der Waals surface area contributed by atoms with Crippen molar-refractivity contribution in [1.29, 1.82) is 0 Å². The second-order valence-corrected chi connectivity index (χ2v) is 5.57. The van der Waals surface area contributed by atoms with Gasteiger partial charge in [0.15, 0.2) is 0 Å². The highest BCUT2D eigenvalue weighted by molar-refractivity contribution is 5.40. The second-order valence-electron chi connectivity index (χ2n) is 5.57. The van der Waals surface area contributed by atoms with Crippen molar-refractivity contribution < 1.29 is 4.74 Å². The Morgan fingerprint density at radius 3 is 2.57 bits per heavy atom. The summed E-state index contributed by atoms with van der Waals surface area (Å²) >= 11 is 0. The van der Waals surface area contributed by atoms with Gasteiger partial charge in [-0.3, -0.25) is 0 Å². The molecule has 4 heteroatoms. The number of nitrogens with zero attached hydrogens (tertiary/aromatic N) is 2. The van der Waals surface area contributed by atoms with E-state index in [1.54, 1.807) is 6.07 Å². The molecule has 0 radical (unpaired) electrons. The number of ether oxygens (including phenoxy) is 1. The third kappa shape index (κ3) is 3.94. The van der Waals surface area contributed by atoms with E-state index in [2.05, 4.69) is 43.7 Å². The zero-order valence-corrected chi connectivity index (χ0v) is 13.2. The van der Waals surface area contributed by atoms with Gasteiger partial charge < -0.3 is 10.5 Å². The molecule has 0 amide bonds. The van der Waals surface area contributed by atoms with Crippen LogP contribution in [0.5, 0.6) is 11.6 Å². The maximum atomic E-state index is 5.83. The summed E-state index contributed by atoms with van der Waals surface area (Å²) in [6, 6.07) is 7.77. The van der Waals surface area contributed by atoms with Crippen LogP contribution in [0.15, 0.2) is 24.3 Å². The number of benzene rings is 1. The van der Waals surface area contributed by atoms with Crippen molar-refractivity contribution in [3.05, 3.63) is 41.2 Å². The highest BCUT2D eigenvalue weighted by Gasteiger charge is 2.08. The second kappa shape index (κ2) is 6.57. The quantitative estimate of drug-likeness (QED) is 0.892. The summed E-state index contributed by atoms with van der Waals surface area (Å²) in [7, 11) is 0. The lowest BCUT2D eigenvalue weighted by Gasteiger charge is -2.12. The molecule has 21 heavy (non-hydrogen) atoms. The first-order valence-corrected chi connectivity index (χ1v) is 7.41. The van der Waals surface area contributed by atoms with E-state index in [9.17, 15) is 0 Å². The molecule has 2 N–H and O–H groups in total.